The van der Waals surface area contributed by atoms with Crippen molar-refractivity contribution in [1.29, 1.82) is 0 Å². The second kappa shape index (κ2) is 5.30. The summed E-state index contributed by atoms with van der Waals surface area (Å²) in [5.41, 5.74) is 0. The normalized spacial score (nSPS) is 22.6. The third-order valence-corrected chi connectivity index (χ3v) is 2.70. The molecule has 0 spiro atoms. The lowest BCUT2D eigenvalue weighted by atomic mass is 10.3. The number of methoxy groups -OCH3 is 1. The average molecular weight is 219 g/mol. The summed E-state index contributed by atoms with van der Waals surface area (Å²) >= 11 is 1.06. The molecule has 1 fully saturated rings. The molecule has 80 valence electrons. The number of hydrogen-bond donors (Lipinski definition) is 2. The molecule has 2 amide bonds. The van der Waals surface area contributed by atoms with Crippen LogP contribution in [-0.2, 0) is 9.53 Å². The number of ether oxygens (including phenoxy) is 1. The Hall–Kier alpha value is -0.630. The Bertz CT molecular complexity index is 236. The fourth-order valence-electron chi connectivity index (χ4n) is 1.05. The highest BCUT2D eigenvalue weighted by molar-refractivity contribution is 8.13. The largest absolute Gasteiger partial charge is 0.383 e. The SMILES string of the molecule is COCCN(N)C1CSC(=O)NC1=O. The van der Waals surface area contributed by atoms with Gasteiger partial charge in [0, 0.05) is 19.4 Å². The molecule has 1 atom stereocenters. The molecule has 1 heterocycles. The van der Waals surface area contributed by atoms with E-state index in [1.165, 1.54) is 5.01 Å². The first kappa shape index (κ1) is 11.4. The zero-order chi connectivity index (χ0) is 10.6. The Kier molecular flexibility index (Phi) is 4.33. The van der Waals surface area contributed by atoms with Crippen molar-refractivity contribution in [1.82, 2.24) is 10.3 Å². The minimum atomic E-state index is -0.451. The van der Waals surface area contributed by atoms with Crippen LogP contribution in [0.3, 0.4) is 0 Å². The quantitative estimate of drug-likeness (QED) is 0.474. The summed E-state index contributed by atoms with van der Waals surface area (Å²) in [5.74, 6) is 5.69. The van der Waals surface area contributed by atoms with Crippen LogP contribution in [0.15, 0.2) is 0 Å². The maximum Gasteiger partial charge on any atom is 0.285 e. The summed E-state index contributed by atoms with van der Waals surface area (Å²) in [6.07, 6.45) is 0. The summed E-state index contributed by atoms with van der Waals surface area (Å²) < 4.78 is 4.83. The molecule has 6 nitrogen and oxygen atoms in total. The second-order valence-electron chi connectivity index (χ2n) is 2.83. The molecule has 0 saturated carbocycles. The van der Waals surface area contributed by atoms with Crippen molar-refractivity contribution < 1.29 is 14.3 Å². The number of thioether (sulfide) groups is 1. The number of nitrogens with one attached hydrogen (secondary N) is 1. The van der Waals surface area contributed by atoms with Crippen molar-refractivity contribution in [3.8, 4) is 0 Å². The van der Waals surface area contributed by atoms with Crippen molar-refractivity contribution >= 4 is 22.9 Å². The molecule has 1 saturated heterocycles. The molecule has 0 radical (unpaired) electrons. The first-order chi connectivity index (χ1) is 6.65. The van der Waals surface area contributed by atoms with Gasteiger partial charge in [-0.2, -0.15) is 0 Å². The monoisotopic (exact) mass is 219 g/mol. The summed E-state index contributed by atoms with van der Waals surface area (Å²) in [7, 11) is 1.56. The fourth-order valence-corrected chi connectivity index (χ4v) is 1.87. The van der Waals surface area contributed by atoms with E-state index in [1.54, 1.807) is 7.11 Å². The maximum absolute atomic E-state index is 11.3. The predicted molar refractivity (Wildman–Crippen MR) is 52.6 cm³/mol. The Labute approximate surface area is 86.1 Å². The Balaban J connectivity index is 2.43. The van der Waals surface area contributed by atoms with Gasteiger partial charge in [-0.3, -0.25) is 20.7 Å². The Morgan fingerprint density at radius 1 is 1.71 bits per heavy atom. The van der Waals surface area contributed by atoms with Crippen molar-refractivity contribution in [2.45, 2.75) is 6.04 Å². The van der Waals surface area contributed by atoms with Gasteiger partial charge in [-0.05, 0) is 0 Å². The third-order valence-electron chi connectivity index (χ3n) is 1.85. The van der Waals surface area contributed by atoms with Gasteiger partial charge < -0.3 is 4.74 Å². The standard InChI is InChI=1S/C7H13N3O3S/c1-13-3-2-10(8)5-4-14-7(12)9-6(5)11/h5H,2-4,8H2,1H3,(H,9,11,12). The Morgan fingerprint density at radius 2 is 2.43 bits per heavy atom. The predicted octanol–water partition coefficient (Wildman–Crippen LogP) is -0.840. The number of amides is 2. The van der Waals surface area contributed by atoms with E-state index >= 15 is 0 Å². The number of hydrazine groups is 1. The van der Waals surface area contributed by atoms with Crippen molar-refractivity contribution in [2.24, 2.45) is 5.84 Å². The number of nitrogens with zero attached hydrogens (tertiary/aromatic N) is 1. The van der Waals surface area contributed by atoms with Crippen molar-refractivity contribution in [3.05, 3.63) is 0 Å². The van der Waals surface area contributed by atoms with Crippen LogP contribution in [0.4, 0.5) is 4.79 Å². The Morgan fingerprint density at radius 3 is 3.00 bits per heavy atom. The number of rotatable bonds is 4. The van der Waals surface area contributed by atoms with Gasteiger partial charge in [0.15, 0.2) is 0 Å². The number of imide groups is 1. The van der Waals surface area contributed by atoms with E-state index < -0.39 is 6.04 Å². The van der Waals surface area contributed by atoms with E-state index in [2.05, 4.69) is 5.32 Å². The zero-order valence-corrected chi connectivity index (χ0v) is 8.67. The van der Waals surface area contributed by atoms with Gasteiger partial charge in [-0.25, -0.2) is 5.01 Å². The molecule has 0 aromatic rings. The topological polar surface area (TPSA) is 84.7 Å². The summed E-state index contributed by atoms with van der Waals surface area (Å²) in [6, 6.07) is -0.451. The van der Waals surface area contributed by atoms with Crippen LogP contribution in [0.5, 0.6) is 0 Å². The van der Waals surface area contributed by atoms with Gasteiger partial charge in [-0.15, -0.1) is 0 Å². The molecule has 1 unspecified atom stereocenters. The highest BCUT2D eigenvalue weighted by atomic mass is 32.2. The maximum atomic E-state index is 11.3. The van der Waals surface area contributed by atoms with Crippen LogP contribution < -0.4 is 11.2 Å². The number of nitrogens with two attached hydrogens (primary N) is 1. The lowest BCUT2D eigenvalue weighted by Crippen LogP contribution is -2.56. The van der Waals surface area contributed by atoms with Crippen molar-refractivity contribution in [2.75, 3.05) is 26.0 Å². The first-order valence-corrected chi connectivity index (χ1v) is 5.11. The van der Waals surface area contributed by atoms with E-state index in [9.17, 15) is 9.59 Å². The van der Waals surface area contributed by atoms with Gasteiger partial charge in [0.1, 0.15) is 6.04 Å². The summed E-state index contributed by atoms with van der Waals surface area (Å²) in [5, 5.41) is 3.28. The molecule has 1 aliphatic rings. The highest BCUT2D eigenvalue weighted by Crippen LogP contribution is 2.13. The zero-order valence-electron chi connectivity index (χ0n) is 7.86. The fraction of sp³-hybridized carbons (Fsp3) is 0.714. The van der Waals surface area contributed by atoms with Crippen LogP contribution in [0.1, 0.15) is 0 Å². The molecule has 0 bridgehead atoms. The van der Waals surface area contributed by atoms with E-state index in [-0.39, 0.29) is 11.1 Å². The van der Waals surface area contributed by atoms with E-state index in [1.807, 2.05) is 0 Å². The third kappa shape index (κ3) is 2.95. The first-order valence-electron chi connectivity index (χ1n) is 4.13. The average Bonchev–Trinajstić information content (AvgIpc) is 2.14. The van der Waals surface area contributed by atoms with Crippen LogP contribution >= 0.6 is 11.8 Å². The van der Waals surface area contributed by atoms with Crippen LogP contribution in [0.2, 0.25) is 0 Å². The van der Waals surface area contributed by atoms with E-state index in [0.29, 0.717) is 18.9 Å². The van der Waals surface area contributed by atoms with Gasteiger partial charge in [0.2, 0.25) is 5.91 Å². The molecule has 1 rings (SSSR count). The van der Waals surface area contributed by atoms with Crippen molar-refractivity contribution in [3.63, 3.8) is 0 Å². The molecular weight excluding hydrogens is 206 g/mol. The lowest BCUT2D eigenvalue weighted by molar-refractivity contribution is -0.124. The minimum absolute atomic E-state index is 0.314. The van der Waals surface area contributed by atoms with Crippen LogP contribution in [0, 0.1) is 0 Å². The molecular formula is C7H13N3O3S. The number of carbonyl (C=O) groups is 2. The summed E-state index contributed by atoms with van der Waals surface area (Å²) in [6.45, 7) is 0.919. The molecule has 7 heteroatoms. The van der Waals surface area contributed by atoms with E-state index in [0.717, 1.165) is 11.8 Å². The van der Waals surface area contributed by atoms with Gasteiger partial charge in [0.05, 0.1) is 6.61 Å². The number of hydrogen-bond acceptors (Lipinski definition) is 6. The number of carbonyl (C=O) groups excluding carboxylic acids is 2. The molecule has 0 aromatic heterocycles. The second-order valence-corrected chi connectivity index (χ2v) is 3.83. The molecule has 14 heavy (non-hydrogen) atoms. The lowest BCUT2D eigenvalue weighted by Gasteiger charge is -2.28. The van der Waals surface area contributed by atoms with Crippen LogP contribution in [-0.4, -0.2) is 48.2 Å². The molecule has 0 aliphatic carbocycles. The smallest absolute Gasteiger partial charge is 0.285 e. The van der Waals surface area contributed by atoms with E-state index in [4.69, 9.17) is 10.6 Å². The molecule has 3 N–H and O–H groups in total. The molecule has 1 aliphatic heterocycles. The summed E-state index contributed by atoms with van der Waals surface area (Å²) in [4.78, 5) is 22.1. The highest BCUT2D eigenvalue weighted by Gasteiger charge is 2.30. The van der Waals surface area contributed by atoms with Gasteiger partial charge in [-0.1, -0.05) is 11.8 Å². The molecule has 0 aromatic carbocycles. The van der Waals surface area contributed by atoms with Gasteiger partial charge >= 0.3 is 0 Å². The van der Waals surface area contributed by atoms with Gasteiger partial charge in [0.25, 0.3) is 5.24 Å². The van der Waals surface area contributed by atoms with Crippen LogP contribution in [0.25, 0.3) is 0 Å². The minimum Gasteiger partial charge on any atom is -0.383 e.